The Hall–Kier alpha value is -1.43. The number of hydrogen-bond acceptors (Lipinski definition) is 6. The number of rotatable bonds is 4. The van der Waals surface area contributed by atoms with E-state index in [0.29, 0.717) is 24.2 Å². The highest BCUT2D eigenvalue weighted by Gasteiger charge is 2.55. The van der Waals surface area contributed by atoms with Crippen molar-refractivity contribution in [3.63, 3.8) is 0 Å². The van der Waals surface area contributed by atoms with Crippen LogP contribution in [0.1, 0.15) is 50.7 Å². The minimum atomic E-state index is -0.306. The molecular formula is C15H23N3O3. The highest BCUT2D eigenvalue weighted by Crippen LogP contribution is 2.49. The second kappa shape index (κ2) is 5.40. The molecule has 3 rings (SSSR count). The Morgan fingerprint density at radius 1 is 1.57 bits per heavy atom. The SMILES string of the molecule is COC(=O)[C@]12CCC[C@H]1CN(Cc1noc(C(C)C)n1)C2. The predicted molar refractivity (Wildman–Crippen MR) is 75.5 cm³/mol. The van der Waals surface area contributed by atoms with Crippen molar-refractivity contribution >= 4 is 5.97 Å². The van der Waals surface area contributed by atoms with E-state index in [1.54, 1.807) is 0 Å². The molecule has 2 aliphatic rings. The second-order valence-corrected chi connectivity index (χ2v) is 6.61. The van der Waals surface area contributed by atoms with E-state index >= 15 is 0 Å². The first-order chi connectivity index (χ1) is 10.0. The van der Waals surface area contributed by atoms with Crippen molar-refractivity contribution in [1.82, 2.24) is 15.0 Å². The molecule has 1 aromatic heterocycles. The van der Waals surface area contributed by atoms with E-state index in [4.69, 9.17) is 9.26 Å². The van der Waals surface area contributed by atoms with Gasteiger partial charge < -0.3 is 9.26 Å². The lowest BCUT2D eigenvalue weighted by Gasteiger charge is -2.25. The van der Waals surface area contributed by atoms with Crippen LogP contribution in [0.3, 0.4) is 0 Å². The molecule has 0 bridgehead atoms. The van der Waals surface area contributed by atoms with E-state index in [9.17, 15) is 4.79 Å². The van der Waals surface area contributed by atoms with Crippen LogP contribution < -0.4 is 0 Å². The minimum Gasteiger partial charge on any atom is -0.469 e. The Balaban J connectivity index is 1.70. The highest BCUT2D eigenvalue weighted by molar-refractivity contribution is 5.78. The maximum atomic E-state index is 12.2. The van der Waals surface area contributed by atoms with Crippen LogP contribution in [-0.4, -0.2) is 41.2 Å². The molecule has 2 atom stereocenters. The van der Waals surface area contributed by atoms with Gasteiger partial charge >= 0.3 is 5.97 Å². The number of methoxy groups -OCH3 is 1. The molecule has 1 saturated carbocycles. The molecule has 1 aromatic rings. The molecule has 1 aliphatic heterocycles. The van der Waals surface area contributed by atoms with Crippen molar-refractivity contribution in [3.8, 4) is 0 Å². The number of nitrogens with zero attached hydrogens (tertiary/aromatic N) is 3. The third-order valence-corrected chi connectivity index (χ3v) is 4.88. The van der Waals surface area contributed by atoms with Gasteiger partial charge in [0.05, 0.1) is 19.1 Å². The first kappa shape index (κ1) is 14.5. The third kappa shape index (κ3) is 2.46. The van der Waals surface area contributed by atoms with Crippen LogP contribution in [0.4, 0.5) is 0 Å². The van der Waals surface area contributed by atoms with Gasteiger partial charge in [0.2, 0.25) is 5.89 Å². The van der Waals surface area contributed by atoms with Crippen molar-refractivity contribution < 1.29 is 14.1 Å². The minimum absolute atomic E-state index is 0.0523. The lowest BCUT2D eigenvalue weighted by molar-refractivity contribution is -0.153. The van der Waals surface area contributed by atoms with Gasteiger partial charge in [-0.05, 0) is 18.8 Å². The van der Waals surface area contributed by atoms with Gasteiger partial charge in [-0.15, -0.1) is 0 Å². The van der Waals surface area contributed by atoms with Crippen molar-refractivity contribution in [2.24, 2.45) is 11.3 Å². The number of aromatic nitrogens is 2. The molecule has 1 aliphatic carbocycles. The second-order valence-electron chi connectivity index (χ2n) is 6.61. The summed E-state index contributed by atoms with van der Waals surface area (Å²) in [5, 5.41) is 4.04. The molecule has 0 amide bonds. The number of carbonyl (C=O) groups excluding carboxylic acids is 1. The summed E-state index contributed by atoms with van der Waals surface area (Å²) in [6.45, 7) is 6.37. The summed E-state index contributed by atoms with van der Waals surface area (Å²) in [5.74, 6) is 1.97. The Morgan fingerprint density at radius 2 is 2.38 bits per heavy atom. The largest absolute Gasteiger partial charge is 0.469 e. The molecule has 2 fully saturated rings. The van der Waals surface area contributed by atoms with Gasteiger partial charge in [0.15, 0.2) is 5.82 Å². The van der Waals surface area contributed by atoms with E-state index in [0.717, 1.165) is 32.4 Å². The third-order valence-electron chi connectivity index (χ3n) is 4.88. The monoisotopic (exact) mass is 293 g/mol. The zero-order valence-corrected chi connectivity index (χ0v) is 13.0. The molecule has 2 heterocycles. The molecule has 21 heavy (non-hydrogen) atoms. The number of fused-ring (bicyclic) bond motifs is 1. The fourth-order valence-corrected chi connectivity index (χ4v) is 3.82. The quantitative estimate of drug-likeness (QED) is 0.791. The first-order valence-corrected chi connectivity index (χ1v) is 7.68. The predicted octanol–water partition coefficient (Wildman–Crippen LogP) is 1.97. The number of likely N-dealkylation sites (tertiary alicyclic amines) is 1. The van der Waals surface area contributed by atoms with Crippen LogP contribution in [0.15, 0.2) is 4.52 Å². The van der Waals surface area contributed by atoms with E-state index in [2.05, 4.69) is 15.0 Å². The standard InChI is InChI=1S/C15H23N3O3/c1-10(2)13-16-12(17-21-13)8-18-7-11-5-4-6-15(11,9-18)14(19)20-3/h10-11H,4-9H2,1-3H3/t11-,15-/m0/s1. The van der Waals surface area contributed by atoms with Crippen LogP contribution in [0, 0.1) is 11.3 Å². The molecule has 0 spiro atoms. The van der Waals surface area contributed by atoms with Crippen LogP contribution in [0.2, 0.25) is 0 Å². The lowest BCUT2D eigenvalue weighted by Crippen LogP contribution is -2.36. The van der Waals surface area contributed by atoms with E-state index in [1.807, 2.05) is 13.8 Å². The molecule has 0 aromatic carbocycles. The number of hydrogen-bond donors (Lipinski definition) is 0. The van der Waals surface area contributed by atoms with Gasteiger partial charge in [-0.25, -0.2) is 0 Å². The van der Waals surface area contributed by atoms with E-state index < -0.39 is 0 Å². The molecule has 0 N–H and O–H groups in total. The Kier molecular flexibility index (Phi) is 3.73. The van der Waals surface area contributed by atoms with E-state index in [-0.39, 0.29) is 17.3 Å². The maximum absolute atomic E-state index is 12.2. The maximum Gasteiger partial charge on any atom is 0.313 e. The zero-order chi connectivity index (χ0) is 15.0. The summed E-state index contributed by atoms with van der Waals surface area (Å²) in [4.78, 5) is 18.9. The van der Waals surface area contributed by atoms with Gasteiger partial charge in [0.25, 0.3) is 0 Å². The zero-order valence-electron chi connectivity index (χ0n) is 13.0. The molecule has 6 heteroatoms. The van der Waals surface area contributed by atoms with Crippen molar-refractivity contribution in [2.45, 2.75) is 45.6 Å². The van der Waals surface area contributed by atoms with Gasteiger partial charge in [-0.1, -0.05) is 25.4 Å². The highest BCUT2D eigenvalue weighted by atomic mass is 16.5. The van der Waals surface area contributed by atoms with Gasteiger partial charge in [0.1, 0.15) is 0 Å². The van der Waals surface area contributed by atoms with Crippen LogP contribution in [-0.2, 0) is 16.1 Å². The Labute approximate surface area is 124 Å². The van der Waals surface area contributed by atoms with Crippen LogP contribution in [0.5, 0.6) is 0 Å². The Morgan fingerprint density at radius 3 is 3.05 bits per heavy atom. The van der Waals surface area contributed by atoms with Crippen molar-refractivity contribution in [2.75, 3.05) is 20.2 Å². The van der Waals surface area contributed by atoms with Gasteiger partial charge in [-0.3, -0.25) is 9.69 Å². The molecule has 0 unspecified atom stereocenters. The van der Waals surface area contributed by atoms with Crippen LogP contribution in [0.25, 0.3) is 0 Å². The molecule has 0 radical (unpaired) electrons. The average molecular weight is 293 g/mol. The fraction of sp³-hybridized carbons (Fsp3) is 0.800. The van der Waals surface area contributed by atoms with Crippen molar-refractivity contribution in [1.29, 1.82) is 0 Å². The number of carbonyl (C=O) groups is 1. The fourth-order valence-electron chi connectivity index (χ4n) is 3.82. The molecular weight excluding hydrogens is 270 g/mol. The first-order valence-electron chi connectivity index (χ1n) is 7.68. The number of ether oxygens (including phenoxy) is 1. The topological polar surface area (TPSA) is 68.5 Å². The average Bonchev–Trinajstić information content (AvgIpc) is 3.11. The lowest BCUT2D eigenvalue weighted by atomic mass is 9.81. The Bertz CT molecular complexity index is 528. The summed E-state index contributed by atoms with van der Waals surface area (Å²) in [7, 11) is 1.49. The molecule has 1 saturated heterocycles. The summed E-state index contributed by atoms with van der Waals surface area (Å²) in [6, 6.07) is 0. The summed E-state index contributed by atoms with van der Waals surface area (Å²) < 4.78 is 10.3. The van der Waals surface area contributed by atoms with Crippen LogP contribution >= 0.6 is 0 Å². The van der Waals surface area contributed by atoms with E-state index in [1.165, 1.54) is 7.11 Å². The summed E-state index contributed by atoms with van der Waals surface area (Å²) >= 11 is 0. The summed E-state index contributed by atoms with van der Waals surface area (Å²) in [5.41, 5.74) is -0.306. The smallest absolute Gasteiger partial charge is 0.313 e. The van der Waals surface area contributed by atoms with Gasteiger partial charge in [0, 0.05) is 19.0 Å². The normalized spacial score (nSPS) is 29.0. The molecule has 116 valence electrons. The van der Waals surface area contributed by atoms with Gasteiger partial charge in [-0.2, -0.15) is 4.98 Å². The number of esters is 1. The van der Waals surface area contributed by atoms with Crippen molar-refractivity contribution in [3.05, 3.63) is 11.7 Å². The summed E-state index contributed by atoms with van der Waals surface area (Å²) in [6.07, 6.45) is 3.16. The molecule has 6 nitrogen and oxygen atoms in total.